The monoisotopic (exact) mass is 633 g/mol. The minimum atomic E-state index is -1.95. The molecule has 1 saturated heterocycles. The average molecular weight is 634 g/mol. The van der Waals surface area contributed by atoms with Crippen LogP contribution in [0.15, 0.2) is 66.7 Å². The number of carboxylic acid groups (broad SMARTS) is 1. The molecular weight excluding hydrogens is 598 g/mol. The number of hydrogen-bond donors (Lipinski definition) is 7. The number of rotatable bonds is 7. The Labute approximate surface area is 264 Å². The third-order valence-electron chi connectivity index (χ3n) is 9.08. The molecule has 0 aromatic heterocycles. The van der Waals surface area contributed by atoms with Crippen molar-refractivity contribution in [3.05, 3.63) is 89.0 Å². The van der Waals surface area contributed by atoms with Gasteiger partial charge in [0.1, 0.15) is 36.2 Å². The minimum absolute atomic E-state index is 0.0211. The van der Waals surface area contributed by atoms with E-state index in [2.05, 4.69) is 0 Å². The van der Waals surface area contributed by atoms with Crippen molar-refractivity contribution in [3.63, 3.8) is 0 Å². The van der Waals surface area contributed by atoms with E-state index in [0.717, 1.165) is 5.56 Å². The van der Waals surface area contributed by atoms with Crippen molar-refractivity contribution in [2.75, 3.05) is 11.5 Å². The molecule has 3 aliphatic heterocycles. The molecule has 1 fully saturated rings. The molecule has 1 amide bonds. The number of phenolic OH excluding ortho intramolecular Hbond substituents is 2. The Bertz CT molecular complexity index is 1640. The Morgan fingerprint density at radius 2 is 1.72 bits per heavy atom. The summed E-state index contributed by atoms with van der Waals surface area (Å²) >= 11 is 0. The number of hydrogen-bond acceptors (Lipinski definition) is 10. The molecule has 7 atom stereocenters. The van der Waals surface area contributed by atoms with E-state index in [-0.39, 0.29) is 35.8 Å². The fourth-order valence-electron chi connectivity index (χ4n) is 6.78. The van der Waals surface area contributed by atoms with Gasteiger partial charge in [-0.05, 0) is 60.2 Å². The Hall–Kier alpha value is -4.46. The second kappa shape index (κ2) is 12.4. The first-order valence-electron chi connectivity index (χ1n) is 15.0. The van der Waals surface area contributed by atoms with Crippen LogP contribution in [0.4, 0.5) is 5.69 Å². The summed E-state index contributed by atoms with van der Waals surface area (Å²) < 4.78 is 11.9. The van der Waals surface area contributed by atoms with Crippen LogP contribution in [0.3, 0.4) is 0 Å². The zero-order valence-corrected chi connectivity index (χ0v) is 24.6. The lowest BCUT2D eigenvalue weighted by molar-refractivity contribution is -0.342. The van der Waals surface area contributed by atoms with Crippen molar-refractivity contribution >= 4 is 23.6 Å². The maximum Gasteiger partial charge on any atom is 0.327 e. The lowest BCUT2D eigenvalue weighted by atomic mass is 9.84. The van der Waals surface area contributed by atoms with E-state index < -0.39 is 60.6 Å². The average Bonchev–Trinajstić information content (AvgIpc) is 3.39. The van der Waals surface area contributed by atoms with Crippen LogP contribution in [-0.2, 0) is 27.2 Å². The summed E-state index contributed by atoms with van der Waals surface area (Å²) in [4.78, 5) is 28.0. The van der Waals surface area contributed by atoms with Gasteiger partial charge < -0.3 is 45.2 Å². The van der Waals surface area contributed by atoms with Crippen LogP contribution in [0.5, 0.6) is 17.2 Å². The van der Waals surface area contributed by atoms with Gasteiger partial charge in [-0.3, -0.25) is 9.69 Å². The molecule has 3 aromatic carbocycles. The van der Waals surface area contributed by atoms with E-state index in [1.54, 1.807) is 12.1 Å². The number of nitrogens with zero attached hydrogens (tertiary/aromatic N) is 1. The number of aliphatic hydroxyl groups is 4. The zero-order valence-electron chi connectivity index (χ0n) is 24.6. The lowest BCUT2D eigenvalue weighted by Crippen LogP contribution is -2.68. The summed E-state index contributed by atoms with van der Waals surface area (Å²) in [6.07, 6.45) is -2.89. The fraction of sp³-hybridized carbons (Fsp3) is 0.353. The number of amides is 1. The molecule has 1 spiro atoms. The van der Waals surface area contributed by atoms with E-state index in [1.807, 2.05) is 30.3 Å². The van der Waals surface area contributed by atoms with E-state index >= 15 is 0 Å². The highest BCUT2D eigenvalue weighted by Crippen LogP contribution is 2.55. The molecule has 242 valence electrons. The summed E-state index contributed by atoms with van der Waals surface area (Å²) in [6.45, 7) is -0.682. The van der Waals surface area contributed by atoms with E-state index in [4.69, 9.17) is 9.47 Å². The molecule has 0 saturated carbocycles. The number of aryl methyl sites for hydroxylation is 1. The molecule has 3 aliphatic rings. The predicted molar refractivity (Wildman–Crippen MR) is 163 cm³/mol. The van der Waals surface area contributed by atoms with Crippen LogP contribution in [0.1, 0.15) is 41.0 Å². The molecule has 3 aromatic rings. The van der Waals surface area contributed by atoms with E-state index in [0.29, 0.717) is 29.5 Å². The van der Waals surface area contributed by atoms with Crippen LogP contribution in [0.2, 0.25) is 0 Å². The number of carboxylic acids is 1. The number of carbonyl (C=O) groups excluding carboxylic acids is 1. The molecule has 12 heteroatoms. The highest BCUT2D eigenvalue weighted by atomic mass is 16.7. The van der Waals surface area contributed by atoms with Crippen molar-refractivity contribution in [3.8, 4) is 17.2 Å². The molecule has 0 radical (unpaired) electrons. The lowest BCUT2D eigenvalue weighted by Gasteiger charge is -2.50. The standard InChI is InChI=1S/C34H35NO11/c36-17-25-29(40)30(41)32(42)34(45-25)15-14-22-27-23(16-24(38)31(22)46-34)21(12-8-18-4-2-1-3-5-18)28(33(43)44)35(27)26(39)13-9-19-6-10-20(37)11-7-19/h1-7,9-11,13,16,21,25,28-30,32,36-38,40-42H,8,12,14-15,17H2,(H,43,44)/b13-9+/t21-,25-,28-,29-,30+,32-,34+/m1/s1. The summed E-state index contributed by atoms with van der Waals surface area (Å²) in [6, 6.07) is 15.6. The number of benzene rings is 3. The van der Waals surface area contributed by atoms with Gasteiger partial charge in [0, 0.05) is 24.0 Å². The van der Waals surface area contributed by atoms with Gasteiger partial charge in [0.25, 0.3) is 5.91 Å². The summed E-state index contributed by atoms with van der Waals surface area (Å²) in [5.41, 5.74) is 2.59. The number of aromatic hydroxyl groups is 2. The van der Waals surface area contributed by atoms with Crippen molar-refractivity contribution in [2.45, 2.75) is 67.8 Å². The van der Waals surface area contributed by atoms with Crippen molar-refractivity contribution in [2.24, 2.45) is 0 Å². The number of phenols is 2. The van der Waals surface area contributed by atoms with Crippen molar-refractivity contribution in [1.29, 1.82) is 0 Å². The minimum Gasteiger partial charge on any atom is -0.508 e. The Morgan fingerprint density at radius 3 is 2.39 bits per heavy atom. The zero-order chi connectivity index (χ0) is 32.7. The van der Waals surface area contributed by atoms with Gasteiger partial charge in [-0.25, -0.2) is 4.79 Å². The second-order valence-corrected chi connectivity index (χ2v) is 11.9. The predicted octanol–water partition coefficient (Wildman–Crippen LogP) is 1.82. The molecule has 7 N–H and O–H groups in total. The summed E-state index contributed by atoms with van der Waals surface area (Å²) in [7, 11) is 0. The molecule has 12 nitrogen and oxygen atoms in total. The SMILES string of the molecule is O=C(O)[C@H]1[C@H](CCc2ccccc2)c2cc(O)c3c(c2N1C(=O)/C=C/c1ccc(O)cc1)CC[C@@]1(O3)O[C@H](CO)[C@@H](O)[C@H](O)[C@H]1O. The van der Waals surface area contributed by atoms with Crippen LogP contribution >= 0.6 is 0 Å². The van der Waals surface area contributed by atoms with Crippen LogP contribution < -0.4 is 9.64 Å². The Balaban J connectivity index is 1.43. The molecule has 0 bridgehead atoms. The number of aliphatic hydroxyl groups excluding tert-OH is 4. The van der Waals surface area contributed by atoms with Gasteiger partial charge in [0.2, 0.25) is 5.79 Å². The number of carbonyl (C=O) groups is 2. The smallest absolute Gasteiger partial charge is 0.327 e. The van der Waals surface area contributed by atoms with Gasteiger partial charge >= 0.3 is 5.97 Å². The van der Waals surface area contributed by atoms with Crippen molar-refractivity contribution < 1.29 is 54.8 Å². The third kappa shape index (κ3) is 5.48. The van der Waals surface area contributed by atoms with Crippen LogP contribution in [-0.4, -0.2) is 90.5 Å². The number of fused-ring (bicyclic) bond motifs is 3. The normalized spacial score (nSPS) is 28.6. The number of ether oxygens (including phenoxy) is 2. The molecule has 6 rings (SSSR count). The summed E-state index contributed by atoms with van der Waals surface area (Å²) in [5.74, 6) is -5.03. The van der Waals surface area contributed by atoms with E-state index in [9.17, 15) is 45.3 Å². The van der Waals surface area contributed by atoms with Gasteiger partial charge in [0.05, 0.1) is 12.3 Å². The molecule has 0 aliphatic carbocycles. The Morgan fingerprint density at radius 1 is 1.00 bits per heavy atom. The van der Waals surface area contributed by atoms with Gasteiger partial charge in [-0.2, -0.15) is 0 Å². The fourth-order valence-corrected chi connectivity index (χ4v) is 6.78. The topological polar surface area (TPSA) is 197 Å². The first-order valence-corrected chi connectivity index (χ1v) is 15.0. The largest absolute Gasteiger partial charge is 0.508 e. The molecule has 3 heterocycles. The van der Waals surface area contributed by atoms with Crippen LogP contribution in [0.25, 0.3) is 6.08 Å². The van der Waals surface area contributed by atoms with Crippen molar-refractivity contribution in [1.82, 2.24) is 0 Å². The number of anilines is 1. The van der Waals surface area contributed by atoms with Gasteiger partial charge in [0.15, 0.2) is 11.5 Å². The summed E-state index contributed by atoms with van der Waals surface area (Å²) in [5, 5.41) is 72.9. The second-order valence-electron chi connectivity index (χ2n) is 11.9. The third-order valence-corrected chi connectivity index (χ3v) is 9.08. The quantitative estimate of drug-likeness (QED) is 0.187. The highest BCUT2D eigenvalue weighted by Gasteiger charge is 2.58. The van der Waals surface area contributed by atoms with Crippen LogP contribution in [0, 0.1) is 0 Å². The van der Waals surface area contributed by atoms with Gasteiger partial charge in [-0.15, -0.1) is 0 Å². The first-order chi connectivity index (χ1) is 22.0. The number of aliphatic carboxylic acids is 1. The highest BCUT2D eigenvalue weighted by molar-refractivity contribution is 6.10. The Kier molecular flexibility index (Phi) is 8.49. The maximum absolute atomic E-state index is 13.9. The first kappa shape index (κ1) is 31.5. The molecular formula is C34H35NO11. The maximum atomic E-state index is 13.9. The molecule has 46 heavy (non-hydrogen) atoms. The molecule has 0 unspecified atom stereocenters. The van der Waals surface area contributed by atoms with Gasteiger partial charge in [-0.1, -0.05) is 42.5 Å². The van der Waals surface area contributed by atoms with E-state index in [1.165, 1.54) is 35.3 Å².